The van der Waals surface area contributed by atoms with Crippen LogP contribution in [0.25, 0.3) is 0 Å². The Morgan fingerprint density at radius 2 is 1.79 bits per heavy atom. The summed E-state index contributed by atoms with van der Waals surface area (Å²) in [5.74, 6) is 0. The number of nitrogens with one attached hydrogen (secondary N) is 1. The lowest BCUT2D eigenvalue weighted by molar-refractivity contribution is -0.149. The van der Waals surface area contributed by atoms with Gasteiger partial charge in [-0.15, -0.1) is 0 Å². The summed E-state index contributed by atoms with van der Waals surface area (Å²) in [4.78, 5) is 3.85. The van der Waals surface area contributed by atoms with Crippen molar-refractivity contribution in [2.24, 2.45) is 0 Å². The molecule has 0 bridgehead atoms. The van der Waals surface area contributed by atoms with Crippen LogP contribution in [0.3, 0.4) is 0 Å². The molecule has 1 aliphatic heterocycles. The molecule has 1 aliphatic carbocycles. The van der Waals surface area contributed by atoms with Gasteiger partial charge in [0.15, 0.2) is 0 Å². The first kappa shape index (κ1) is 15.1. The molecule has 2 rings (SSSR count). The van der Waals surface area contributed by atoms with E-state index in [1.165, 1.54) is 17.7 Å². The molecule has 0 aromatic heterocycles. The third-order valence-electron chi connectivity index (χ3n) is 4.02. The highest BCUT2D eigenvalue weighted by Crippen LogP contribution is 2.20. The Hall–Kier alpha value is -0.330. The smallest absolute Gasteiger partial charge is 0.312 e. The number of piperazine rings is 1. The summed E-state index contributed by atoms with van der Waals surface area (Å²) in [6, 6.07) is 1.16. The normalized spacial score (nSPS) is 24.6. The number of alkyl halides is 3. The molecule has 0 radical (unpaired) electrons. The van der Waals surface area contributed by atoms with E-state index in [-0.39, 0.29) is 0 Å². The minimum absolute atomic E-state index is 0.466. The van der Waals surface area contributed by atoms with Gasteiger partial charge in [0, 0.05) is 44.8 Å². The predicted molar refractivity (Wildman–Crippen MR) is 69.2 cm³/mol. The fraction of sp³-hybridized carbons (Fsp3) is 1.00. The van der Waals surface area contributed by atoms with Gasteiger partial charge in [-0.2, -0.15) is 13.2 Å². The van der Waals surface area contributed by atoms with Crippen LogP contribution < -0.4 is 5.32 Å². The van der Waals surface area contributed by atoms with Crippen LogP contribution in [-0.4, -0.2) is 67.3 Å². The molecular formula is C13H24F3N3. The van der Waals surface area contributed by atoms with Gasteiger partial charge in [-0.05, 0) is 19.3 Å². The molecule has 19 heavy (non-hydrogen) atoms. The Kier molecular flexibility index (Phi) is 5.09. The predicted octanol–water partition coefficient (Wildman–Crippen LogP) is 1.70. The van der Waals surface area contributed by atoms with Crippen molar-refractivity contribution >= 4 is 0 Å². The summed E-state index contributed by atoms with van der Waals surface area (Å²) >= 11 is 0. The summed E-state index contributed by atoms with van der Waals surface area (Å²) in [5.41, 5.74) is 0. The SMILES string of the molecule is CCC(CNC1CC1)N1CCN(CC(F)(F)F)CC1. The van der Waals surface area contributed by atoms with Crippen molar-refractivity contribution in [3.8, 4) is 0 Å². The highest BCUT2D eigenvalue weighted by atomic mass is 19.4. The monoisotopic (exact) mass is 279 g/mol. The van der Waals surface area contributed by atoms with E-state index in [0.29, 0.717) is 25.2 Å². The first-order valence-electron chi connectivity index (χ1n) is 7.24. The molecule has 1 saturated heterocycles. The molecule has 0 aromatic rings. The van der Waals surface area contributed by atoms with E-state index in [2.05, 4.69) is 17.1 Å². The van der Waals surface area contributed by atoms with E-state index in [9.17, 15) is 13.2 Å². The van der Waals surface area contributed by atoms with E-state index >= 15 is 0 Å². The molecule has 2 aliphatic rings. The minimum Gasteiger partial charge on any atom is -0.312 e. The third-order valence-corrected chi connectivity index (χ3v) is 4.02. The first-order valence-corrected chi connectivity index (χ1v) is 7.24. The highest BCUT2D eigenvalue weighted by Gasteiger charge is 2.33. The fourth-order valence-electron chi connectivity index (χ4n) is 2.66. The Balaban J connectivity index is 1.70. The molecule has 1 saturated carbocycles. The first-order chi connectivity index (χ1) is 8.98. The van der Waals surface area contributed by atoms with Crippen molar-refractivity contribution in [2.45, 2.75) is 44.4 Å². The molecule has 0 amide bonds. The zero-order valence-electron chi connectivity index (χ0n) is 11.5. The fourth-order valence-corrected chi connectivity index (χ4v) is 2.66. The summed E-state index contributed by atoms with van der Waals surface area (Å²) in [5, 5.41) is 3.52. The maximum Gasteiger partial charge on any atom is 0.401 e. The molecule has 6 heteroatoms. The van der Waals surface area contributed by atoms with E-state index in [1.807, 2.05) is 0 Å². The molecule has 0 spiro atoms. The van der Waals surface area contributed by atoms with E-state index in [4.69, 9.17) is 0 Å². The van der Waals surface area contributed by atoms with Gasteiger partial charge < -0.3 is 5.32 Å². The van der Waals surface area contributed by atoms with Crippen LogP contribution in [0.15, 0.2) is 0 Å². The third kappa shape index (κ3) is 5.28. The number of nitrogens with zero attached hydrogens (tertiary/aromatic N) is 2. The van der Waals surface area contributed by atoms with Gasteiger partial charge >= 0.3 is 6.18 Å². The Bertz CT molecular complexity index is 271. The minimum atomic E-state index is -4.07. The number of rotatable bonds is 6. The van der Waals surface area contributed by atoms with Gasteiger partial charge in [0.05, 0.1) is 6.54 Å². The quantitative estimate of drug-likeness (QED) is 0.798. The topological polar surface area (TPSA) is 18.5 Å². The second-order valence-corrected chi connectivity index (χ2v) is 5.67. The van der Waals surface area contributed by atoms with Crippen LogP contribution in [0.1, 0.15) is 26.2 Å². The second-order valence-electron chi connectivity index (χ2n) is 5.67. The summed E-state index contributed by atoms with van der Waals surface area (Å²) in [6.07, 6.45) is -0.468. The summed E-state index contributed by atoms with van der Waals surface area (Å²) < 4.78 is 36.9. The van der Waals surface area contributed by atoms with Gasteiger partial charge in [-0.25, -0.2) is 0 Å². The van der Waals surface area contributed by atoms with Crippen LogP contribution in [0.5, 0.6) is 0 Å². The lowest BCUT2D eigenvalue weighted by atomic mass is 10.1. The lowest BCUT2D eigenvalue weighted by Gasteiger charge is -2.39. The summed E-state index contributed by atoms with van der Waals surface area (Å²) in [6.45, 7) is 4.92. The number of halogens is 3. The van der Waals surface area contributed by atoms with Crippen molar-refractivity contribution in [2.75, 3.05) is 39.3 Å². The maximum atomic E-state index is 12.3. The van der Waals surface area contributed by atoms with Crippen molar-refractivity contribution in [1.82, 2.24) is 15.1 Å². The van der Waals surface area contributed by atoms with E-state index < -0.39 is 12.7 Å². The van der Waals surface area contributed by atoms with Gasteiger partial charge in [0.25, 0.3) is 0 Å². The van der Waals surface area contributed by atoms with Gasteiger partial charge in [0.1, 0.15) is 0 Å². The second kappa shape index (κ2) is 6.41. The maximum absolute atomic E-state index is 12.3. The average molecular weight is 279 g/mol. The zero-order valence-corrected chi connectivity index (χ0v) is 11.5. The Morgan fingerprint density at radius 1 is 1.16 bits per heavy atom. The van der Waals surface area contributed by atoms with Crippen LogP contribution in [0.2, 0.25) is 0 Å². The number of hydrogen-bond donors (Lipinski definition) is 1. The molecule has 1 unspecified atom stereocenters. The van der Waals surface area contributed by atoms with Crippen LogP contribution >= 0.6 is 0 Å². The van der Waals surface area contributed by atoms with Gasteiger partial charge in [-0.3, -0.25) is 9.80 Å². The molecule has 2 fully saturated rings. The molecule has 112 valence electrons. The van der Waals surface area contributed by atoms with Gasteiger partial charge in [-0.1, -0.05) is 6.92 Å². The summed E-state index contributed by atoms with van der Waals surface area (Å²) in [7, 11) is 0. The van der Waals surface area contributed by atoms with Crippen LogP contribution in [0.4, 0.5) is 13.2 Å². The van der Waals surface area contributed by atoms with E-state index in [0.717, 1.165) is 26.1 Å². The lowest BCUT2D eigenvalue weighted by Crippen LogP contribution is -2.54. The average Bonchev–Trinajstić information content (AvgIpc) is 3.14. The van der Waals surface area contributed by atoms with Crippen molar-refractivity contribution in [3.05, 3.63) is 0 Å². The molecule has 1 heterocycles. The van der Waals surface area contributed by atoms with Gasteiger partial charge in [0.2, 0.25) is 0 Å². The van der Waals surface area contributed by atoms with Crippen molar-refractivity contribution in [3.63, 3.8) is 0 Å². The molecule has 3 nitrogen and oxygen atoms in total. The van der Waals surface area contributed by atoms with E-state index in [1.54, 1.807) is 0 Å². The Labute approximate surface area is 113 Å². The largest absolute Gasteiger partial charge is 0.401 e. The number of hydrogen-bond acceptors (Lipinski definition) is 3. The molecule has 1 N–H and O–H groups in total. The van der Waals surface area contributed by atoms with Crippen LogP contribution in [0, 0.1) is 0 Å². The van der Waals surface area contributed by atoms with Crippen LogP contribution in [-0.2, 0) is 0 Å². The van der Waals surface area contributed by atoms with Crippen molar-refractivity contribution < 1.29 is 13.2 Å². The van der Waals surface area contributed by atoms with Crippen molar-refractivity contribution in [1.29, 1.82) is 0 Å². The zero-order chi connectivity index (χ0) is 13.9. The molecule has 0 aromatic carbocycles. The Morgan fingerprint density at radius 3 is 2.26 bits per heavy atom. The molecule has 1 atom stereocenters. The highest BCUT2D eigenvalue weighted by molar-refractivity contribution is 4.85. The standard InChI is InChI=1S/C13H24F3N3/c1-2-12(9-17-11-3-4-11)19-7-5-18(6-8-19)10-13(14,15)16/h11-12,17H,2-10H2,1H3. The molecular weight excluding hydrogens is 255 g/mol.